The third-order valence-electron chi connectivity index (χ3n) is 11.4. The molecule has 3 aliphatic heterocycles. The minimum atomic E-state index is -3.90. The highest BCUT2D eigenvalue weighted by atomic mass is 35.5. The van der Waals surface area contributed by atoms with Crippen molar-refractivity contribution in [2.75, 3.05) is 64.9 Å². The number of nitrogens with zero attached hydrogens (tertiary/aromatic N) is 3. The minimum Gasteiger partial charge on any atom is -0.487 e. The highest BCUT2D eigenvalue weighted by Crippen LogP contribution is 2.46. The van der Waals surface area contributed by atoms with Gasteiger partial charge in [0.2, 0.25) is 10.0 Å². The number of sulfonamides is 1. The van der Waals surface area contributed by atoms with E-state index in [0.29, 0.717) is 49.0 Å². The maximum atomic E-state index is 13.6. The number of halogens is 1. The number of fused-ring (bicyclic) bond motifs is 3. The number of rotatable bonds is 4. The van der Waals surface area contributed by atoms with E-state index in [2.05, 4.69) is 38.6 Å². The number of methoxy groups -OCH3 is 1. The van der Waals surface area contributed by atoms with Gasteiger partial charge in [-0.15, -0.1) is 0 Å². The lowest BCUT2D eigenvalue weighted by atomic mass is 9.64. The fourth-order valence-corrected chi connectivity index (χ4v) is 9.76. The zero-order chi connectivity index (χ0) is 34.6. The number of likely N-dealkylation sites (N-methyl/N-ethyl adjacent to an activating group) is 1. The molecule has 49 heavy (non-hydrogen) atoms. The number of carbonyl (C=O) groups is 1. The normalized spacial score (nSPS) is 29.3. The van der Waals surface area contributed by atoms with Crippen molar-refractivity contribution in [2.45, 2.75) is 75.7 Å². The Morgan fingerprint density at radius 1 is 1.02 bits per heavy atom. The molecular weight excluding hydrogens is 660 g/mol. The van der Waals surface area contributed by atoms with Gasteiger partial charge in [0.05, 0.1) is 10.9 Å². The van der Waals surface area contributed by atoms with E-state index in [1.165, 1.54) is 5.56 Å². The Balaban J connectivity index is 1.39. The number of anilines is 1. The molecule has 1 N–H and O–H groups in total. The van der Waals surface area contributed by atoms with Crippen LogP contribution in [0.5, 0.6) is 5.75 Å². The second kappa shape index (κ2) is 15.7. The van der Waals surface area contributed by atoms with Crippen LogP contribution in [0.1, 0.15) is 73.4 Å². The molecule has 0 unspecified atom stereocenters. The average Bonchev–Trinajstić information content (AvgIpc) is 3.10. The molecule has 4 aliphatic rings. The predicted molar refractivity (Wildman–Crippen MR) is 196 cm³/mol. The molecule has 6 rings (SSSR count). The quantitative estimate of drug-likeness (QED) is 0.392. The lowest BCUT2D eigenvalue weighted by molar-refractivity contribution is -0.0948. The molecule has 0 radical (unpaired) electrons. The van der Waals surface area contributed by atoms with Gasteiger partial charge in [-0.3, -0.25) is 9.69 Å². The van der Waals surface area contributed by atoms with Crippen molar-refractivity contribution in [3.8, 4) is 5.75 Å². The van der Waals surface area contributed by atoms with E-state index >= 15 is 0 Å². The third kappa shape index (κ3) is 8.30. The standard InChI is InChI=1S/C38H53ClN4O5S/c1-4-33-10-5-7-17-38(47-3,27-42-21-19-41(2)20-22-42)34-15-12-30(34)25-43-18-8-6-9-28-23-32(39)14-11-31(28)26-48-36-16-13-29(24-35(36)43)37(44)40-49(33,45)46/h7,11,13-14,16-17,23-24,30,33-34H,4-6,8-10,12,15,18-22,25-27H2,1-3H3,(H,40,44)/b17-7+/t30-,33+,34+,38+/m0/s1. The second-order valence-electron chi connectivity index (χ2n) is 14.5. The molecule has 0 aromatic heterocycles. The SMILES string of the molecule is CC[C@@H]1CC/C=C/[C@](CN2CCN(C)CC2)(OC)[C@@H]2CC[C@H]2CN2CCCCc3cc(Cl)ccc3COc3ccc(cc32)C(=O)NS1(=O)=O. The van der Waals surface area contributed by atoms with Crippen molar-refractivity contribution in [3.05, 3.63) is 70.3 Å². The van der Waals surface area contributed by atoms with E-state index in [-0.39, 0.29) is 0 Å². The van der Waals surface area contributed by atoms with E-state index in [1.54, 1.807) is 6.07 Å². The van der Waals surface area contributed by atoms with Gasteiger partial charge in [-0.05, 0) is 112 Å². The van der Waals surface area contributed by atoms with Crippen LogP contribution in [0, 0.1) is 11.8 Å². The van der Waals surface area contributed by atoms with E-state index in [0.717, 1.165) is 94.2 Å². The Hall–Kier alpha value is -2.63. The molecule has 2 bridgehead atoms. The summed E-state index contributed by atoms with van der Waals surface area (Å²) in [5, 5.41) is 0.0348. The number of benzene rings is 2. The average molecular weight is 713 g/mol. The zero-order valence-corrected chi connectivity index (χ0v) is 30.9. The van der Waals surface area contributed by atoms with Crippen molar-refractivity contribution < 1.29 is 22.7 Å². The molecular formula is C38H53ClN4O5S. The first-order chi connectivity index (χ1) is 23.6. The molecule has 1 aliphatic carbocycles. The van der Waals surface area contributed by atoms with Gasteiger partial charge in [-0.1, -0.05) is 36.7 Å². The molecule has 9 nitrogen and oxygen atoms in total. The Bertz CT molecular complexity index is 1610. The number of piperazine rings is 1. The number of hydrogen-bond acceptors (Lipinski definition) is 8. The van der Waals surface area contributed by atoms with Crippen LogP contribution in [0.25, 0.3) is 0 Å². The molecule has 268 valence electrons. The van der Waals surface area contributed by atoms with E-state index in [4.69, 9.17) is 21.1 Å². The number of carbonyl (C=O) groups excluding carboxylic acids is 1. The van der Waals surface area contributed by atoms with Crippen LogP contribution in [0.2, 0.25) is 5.02 Å². The fourth-order valence-electron chi connectivity index (χ4n) is 8.14. The first kappa shape index (κ1) is 36.2. The zero-order valence-electron chi connectivity index (χ0n) is 29.3. The Labute approximate surface area is 298 Å². The summed E-state index contributed by atoms with van der Waals surface area (Å²) in [5.41, 5.74) is 2.94. The Kier molecular flexibility index (Phi) is 11.6. The van der Waals surface area contributed by atoms with Gasteiger partial charge in [0.15, 0.2) is 0 Å². The maximum absolute atomic E-state index is 13.6. The molecule has 1 saturated carbocycles. The molecule has 1 amide bonds. The summed E-state index contributed by atoms with van der Waals surface area (Å²) in [6, 6.07) is 11.3. The third-order valence-corrected chi connectivity index (χ3v) is 13.5. The minimum absolute atomic E-state index is 0.299. The van der Waals surface area contributed by atoms with Crippen LogP contribution in [-0.2, 0) is 27.8 Å². The topological polar surface area (TPSA) is 91.4 Å². The van der Waals surface area contributed by atoms with Gasteiger partial charge in [0.1, 0.15) is 18.0 Å². The van der Waals surface area contributed by atoms with Crippen molar-refractivity contribution in [1.82, 2.24) is 14.5 Å². The number of ether oxygens (including phenoxy) is 2. The first-order valence-electron chi connectivity index (χ1n) is 18.1. The molecule has 1 saturated heterocycles. The molecule has 2 aromatic rings. The molecule has 2 aromatic carbocycles. The Morgan fingerprint density at radius 3 is 2.57 bits per heavy atom. The first-order valence-corrected chi connectivity index (χ1v) is 20.0. The summed E-state index contributed by atoms with van der Waals surface area (Å²) in [7, 11) is 0.115. The van der Waals surface area contributed by atoms with Crippen LogP contribution in [0.15, 0.2) is 48.6 Å². The van der Waals surface area contributed by atoms with Crippen LogP contribution in [0.3, 0.4) is 0 Å². The van der Waals surface area contributed by atoms with Gasteiger partial charge in [0.25, 0.3) is 5.91 Å². The summed E-state index contributed by atoms with van der Waals surface area (Å²) in [5.74, 6) is 0.749. The summed E-state index contributed by atoms with van der Waals surface area (Å²) in [6.45, 7) is 8.68. The predicted octanol–water partition coefficient (Wildman–Crippen LogP) is 5.91. The van der Waals surface area contributed by atoms with Crippen LogP contribution in [-0.4, -0.2) is 94.9 Å². The summed E-state index contributed by atoms with van der Waals surface area (Å²) >= 11 is 6.39. The summed E-state index contributed by atoms with van der Waals surface area (Å²) in [6.07, 6.45) is 10.8. The van der Waals surface area contributed by atoms with Gasteiger partial charge >= 0.3 is 0 Å². The van der Waals surface area contributed by atoms with Crippen LogP contribution >= 0.6 is 11.6 Å². The van der Waals surface area contributed by atoms with Crippen molar-refractivity contribution >= 4 is 33.2 Å². The number of allylic oxidation sites excluding steroid dienone is 1. The maximum Gasteiger partial charge on any atom is 0.264 e. The number of hydrogen-bond donors (Lipinski definition) is 1. The van der Waals surface area contributed by atoms with Crippen molar-refractivity contribution in [1.29, 1.82) is 0 Å². The van der Waals surface area contributed by atoms with E-state index < -0.39 is 26.8 Å². The molecule has 11 heteroatoms. The summed E-state index contributed by atoms with van der Waals surface area (Å²) < 4.78 is 42.6. The summed E-state index contributed by atoms with van der Waals surface area (Å²) in [4.78, 5) is 20.8. The molecule has 4 atom stereocenters. The molecule has 0 spiro atoms. The van der Waals surface area contributed by atoms with Gasteiger partial charge in [0, 0.05) is 63.5 Å². The highest BCUT2D eigenvalue weighted by molar-refractivity contribution is 7.90. The van der Waals surface area contributed by atoms with Crippen LogP contribution < -0.4 is 14.4 Å². The lowest BCUT2D eigenvalue weighted by Gasteiger charge is -2.51. The van der Waals surface area contributed by atoms with E-state index in [1.807, 2.05) is 44.4 Å². The highest BCUT2D eigenvalue weighted by Gasteiger charge is 2.48. The number of amides is 1. The smallest absolute Gasteiger partial charge is 0.264 e. The van der Waals surface area contributed by atoms with Crippen LogP contribution in [0.4, 0.5) is 5.69 Å². The molecule has 3 heterocycles. The number of aryl methyl sites for hydroxylation is 1. The van der Waals surface area contributed by atoms with Crippen molar-refractivity contribution in [2.24, 2.45) is 11.8 Å². The van der Waals surface area contributed by atoms with Crippen molar-refractivity contribution in [3.63, 3.8) is 0 Å². The monoisotopic (exact) mass is 712 g/mol. The number of nitrogens with one attached hydrogen (secondary N) is 1. The fraction of sp³-hybridized carbons (Fsp3) is 0.605. The lowest BCUT2D eigenvalue weighted by Crippen LogP contribution is -2.58. The molecule has 2 fully saturated rings. The van der Waals surface area contributed by atoms with E-state index in [9.17, 15) is 13.2 Å². The van der Waals surface area contributed by atoms with Gasteiger partial charge in [-0.2, -0.15) is 0 Å². The Morgan fingerprint density at radius 2 is 1.84 bits per heavy atom. The van der Waals surface area contributed by atoms with Gasteiger partial charge in [-0.25, -0.2) is 13.1 Å². The second-order valence-corrected chi connectivity index (χ2v) is 16.9. The van der Waals surface area contributed by atoms with Gasteiger partial charge < -0.3 is 19.3 Å². The largest absolute Gasteiger partial charge is 0.487 e.